The molecule has 1 aromatic carbocycles. The van der Waals surface area contributed by atoms with Gasteiger partial charge in [0.15, 0.2) is 0 Å². The van der Waals surface area contributed by atoms with E-state index in [2.05, 4.69) is 15.6 Å². The lowest BCUT2D eigenvalue weighted by molar-refractivity contribution is -0.138. The number of carbonyl (C=O) groups is 3. The van der Waals surface area contributed by atoms with E-state index in [1.54, 1.807) is 41.6 Å². The van der Waals surface area contributed by atoms with Crippen LogP contribution in [0.5, 0.6) is 5.75 Å². The smallest absolute Gasteiger partial charge is 0.251 e. The van der Waals surface area contributed by atoms with E-state index in [1.807, 2.05) is 32.9 Å². The van der Waals surface area contributed by atoms with E-state index in [4.69, 9.17) is 4.74 Å². The predicted molar refractivity (Wildman–Crippen MR) is 129 cm³/mol. The van der Waals surface area contributed by atoms with Crippen molar-refractivity contribution < 1.29 is 19.1 Å². The lowest BCUT2D eigenvalue weighted by Gasteiger charge is -2.35. The van der Waals surface area contributed by atoms with Crippen LogP contribution < -0.4 is 15.4 Å². The summed E-state index contributed by atoms with van der Waals surface area (Å²) in [4.78, 5) is 44.4. The van der Waals surface area contributed by atoms with Gasteiger partial charge in [-0.2, -0.15) is 0 Å². The Bertz CT molecular complexity index is 955. The number of nitrogens with zero attached hydrogens (tertiary/aromatic N) is 2. The molecule has 2 N–H and O–H groups in total. The van der Waals surface area contributed by atoms with Gasteiger partial charge in [0.05, 0.1) is 6.61 Å². The van der Waals surface area contributed by atoms with Crippen molar-refractivity contribution in [1.29, 1.82) is 0 Å². The second-order valence-corrected chi connectivity index (χ2v) is 8.83. The maximum Gasteiger partial charge on any atom is 0.251 e. The summed E-state index contributed by atoms with van der Waals surface area (Å²) in [5, 5.41) is 5.86. The summed E-state index contributed by atoms with van der Waals surface area (Å²) in [6, 6.07) is 10.0. The minimum atomic E-state index is -0.630. The van der Waals surface area contributed by atoms with Gasteiger partial charge in [-0.05, 0) is 61.6 Å². The van der Waals surface area contributed by atoms with E-state index in [0.717, 1.165) is 5.56 Å². The molecular formula is C26H34N4O4. The number of carbonyl (C=O) groups excluding carboxylic acids is 3. The Kier molecular flexibility index (Phi) is 9.01. The molecule has 0 aliphatic carbocycles. The van der Waals surface area contributed by atoms with Gasteiger partial charge in [0.25, 0.3) is 5.91 Å². The monoisotopic (exact) mass is 466 g/mol. The van der Waals surface area contributed by atoms with Crippen molar-refractivity contribution in [3.8, 4) is 5.75 Å². The fourth-order valence-electron chi connectivity index (χ4n) is 4.00. The zero-order valence-corrected chi connectivity index (χ0v) is 20.1. The molecule has 8 nitrogen and oxygen atoms in total. The predicted octanol–water partition coefficient (Wildman–Crippen LogP) is 2.79. The summed E-state index contributed by atoms with van der Waals surface area (Å²) >= 11 is 0. The van der Waals surface area contributed by atoms with Gasteiger partial charge in [-0.25, -0.2) is 0 Å². The number of pyridine rings is 1. The van der Waals surface area contributed by atoms with Crippen LogP contribution in [0.1, 0.15) is 49.5 Å². The molecule has 0 bridgehead atoms. The second kappa shape index (κ2) is 12.2. The Morgan fingerprint density at radius 1 is 1.12 bits per heavy atom. The van der Waals surface area contributed by atoms with Crippen LogP contribution in [0.4, 0.5) is 0 Å². The highest BCUT2D eigenvalue weighted by Gasteiger charge is 2.33. The molecule has 1 fully saturated rings. The fourth-order valence-corrected chi connectivity index (χ4v) is 4.00. The number of hydrogen-bond donors (Lipinski definition) is 2. The average molecular weight is 467 g/mol. The highest BCUT2D eigenvalue weighted by molar-refractivity contribution is 5.97. The maximum absolute atomic E-state index is 13.2. The molecule has 1 unspecified atom stereocenters. The van der Waals surface area contributed by atoms with Crippen molar-refractivity contribution in [3.05, 3.63) is 59.9 Å². The molecule has 1 aliphatic rings. The van der Waals surface area contributed by atoms with Gasteiger partial charge in [0.1, 0.15) is 11.8 Å². The van der Waals surface area contributed by atoms with E-state index in [0.29, 0.717) is 50.4 Å². The van der Waals surface area contributed by atoms with E-state index in [1.165, 1.54) is 0 Å². The van der Waals surface area contributed by atoms with Gasteiger partial charge in [-0.15, -0.1) is 0 Å². The largest absolute Gasteiger partial charge is 0.494 e. The second-order valence-electron chi connectivity index (χ2n) is 8.83. The van der Waals surface area contributed by atoms with Crippen LogP contribution in [0.15, 0.2) is 48.8 Å². The van der Waals surface area contributed by atoms with Crippen molar-refractivity contribution in [1.82, 2.24) is 20.5 Å². The Hall–Kier alpha value is -3.42. The lowest BCUT2D eigenvalue weighted by atomic mass is 9.94. The number of piperidine rings is 1. The van der Waals surface area contributed by atoms with Crippen LogP contribution in [-0.4, -0.2) is 53.3 Å². The Morgan fingerprint density at radius 2 is 1.82 bits per heavy atom. The molecule has 182 valence electrons. The molecule has 8 heteroatoms. The summed E-state index contributed by atoms with van der Waals surface area (Å²) in [6.07, 6.45) is 4.63. The van der Waals surface area contributed by atoms with Crippen LogP contribution in [0.25, 0.3) is 0 Å². The van der Waals surface area contributed by atoms with Crippen LogP contribution in [0, 0.1) is 11.8 Å². The molecule has 3 amide bonds. The van der Waals surface area contributed by atoms with Crippen molar-refractivity contribution in [2.24, 2.45) is 11.8 Å². The first-order chi connectivity index (χ1) is 16.4. The minimum absolute atomic E-state index is 0.000152. The molecule has 0 spiro atoms. The highest BCUT2D eigenvalue weighted by atomic mass is 16.5. The van der Waals surface area contributed by atoms with E-state index >= 15 is 0 Å². The van der Waals surface area contributed by atoms with Crippen molar-refractivity contribution >= 4 is 17.7 Å². The van der Waals surface area contributed by atoms with Crippen molar-refractivity contribution in [2.75, 3.05) is 19.7 Å². The van der Waals surface area contributed by atoms with Crippen LogP contribution >= 0.6 is 0 Å². The molecular weight excluding hydrogens is 432 g/mol. The van der Waals surface area contributed by atoms with Crippen molar-refractivity contribution in [3.63, 3.8) is 0 Å². The lowest BCUT2D eigenvalue weighted by Crippen LogP contribution is -2.53. The van der Waals surface area contributed by atoms with Crippen molar-refractivity contribution in [2.45, 2.75) is 46.2 Å². The zero-order valence-electron chi connectivity index (χ0n) is 20.1. The van der Waals surface area contributed by atoms with Crippen LogP contribution in [0.2, 0.25) is 0 Å². The molecule has 1 atom stereocenters. The Balaban J connectivity index is 1.52. The summed E-state index contributed by atoms with van der Waals surface area (Å²) in [7, 11) is 0. The first-order valence-corrected chi connectivity index (χ1v) is 11.9. The highest BCUT2D eigenvalue weighted by Crippen LogP contribution is 2.20. The number of nitrogens with one attached hydrogen (secondary N) is 2. The summed E-state index contributed by atoms with van der Waals surface area (Å²) in [5.41, 5.74) is 1.43. The van der Waals surface area contributed by atoms with Crippen LogP contribution in [0.3, 0.4) is 0 Å². The first-order valence-electron chi connectivity index (χ1n) is 11.9. The number of ether oxygens (including phenoxy) is 1. The number of likely N-dealkylation sites (tertiary alicyclic amines) is 1. The summed E-state index contributed by atoms with van der Waals surface area (Å²) < 4.78 is 5.42. The van der Waals surface area contributed by atoms with Gasteiger partial charge in [0.2, 0.25) is 11.8 Å². The zero-order chi connectivity index (χ0) is 24.5. The van der Waals surface area contributed by atoms with Gasteiger partial charge in [0, 0.05) is 43.5 Å². The molecule has 3 rings (SSSR count). The third-order valence-electron chi connectivity index (χ3n) is 6.01. The molecule has 0 radical (unpaired) electrons. The number of hydrogen-bond acceptors (Lipinski definition) is 5. The summed E-state index contributed by atoms with van der Waals surface area (Å²) in [5.74, 6) is 0.0997. The van der Waals surface area contributed by atoms with Crippen LogP contribution in [-0.2, 0) is 16.1 Å². The molecule has 34 heavy (non-hydrogen) atoms. The number of amides is 3. The summed E-state index contributed by atoms with van der Waals surface area (Å²) in [6.45, 7) is 7.71. The molecule has 2 aromatic rings. The minimum Gasteiger partial charge on any atom is -0.494 e. The fraction of sp³-hybridized carbons (Fsp3) is 0.462. The third kappa shape index (κ3) is 6.79. The average Bonchev–Trinajstić information content (AvgIpc) is 2.86. The normalized spacial score (nSPS) is 15.0. The number of benzene rings is 1. The Labute approximate surface area is 201 Å². The standard InChI is InChI=1S/C26H34N4O4/c1-4-34-22-9-7-20(8-10-22)25(32)29-23(18(2)3)26(33)30-14-11-21(12-15-30)24(31)28-17-19-6-5-13-27-16-19/h5-10,13,16,18,21,23H,4,11-12,14-15,17H2,1-3H3,(H,28,31)(H,29,32). The van der Waals surface area contributed by atoms with Gasteiger partial charge >= 0.3 is 0 Å². The third-order valence-corrected chi connectivity index (χ3v) is 6.01. The quantitative estimate of drug-likeness (QED) is 0.592. The topological polar surface area (TPSA) is 101 Å². The molecule has 1 aliphatic heterocycles. The molecule has 1 saturated heterocycles. The maximum atomic E-state index is 13.2. The Morgan fingerprint density at radius 3 is 2.41 bits per heavy atom. The van der Waals surface area contributed by atoms with E-state index in [-0.39, 0.29) is 29.6 Å². The van der Waals surface area contributed by atoms with Gasteiger partial charge in [-0.3, -0.25) is 19.4 Å². The van der Waals surface area contributed by atoms with Gasteiger partial charge < -0.3 is 20.3 Å². The molecule has 2 heterocycles. The van der Waals surface area contributed by atoms with E-state index in [9.17, 15) is 14.4 Å². The van der Waals surface area contributed by atoms with Gasteiger partial charge in [-0.1, -0.05) is 19.9 Å². The molecule has 0 saturated carbocycles. The SMILES string of the molecule is CCOc1ccc(C(=O)NC(C(=O)N2CCC(C(=O)NCc3cccnc3)CC2)C(C)C)cc1. The first kappa shape index (κ1) is 25.2. The number of aromatic nitrogens is 1. The molecule has 1 aromatic heterocycles. The number of rotatable bonds is 9. The van der Waals surface area contributed by atoms with E-state index < -0.39 is 6.04 Å².